The Balaban J connectivity index is 1.74. The zero-order valence-corrected chi connectivity index (χ0v) is 18.3. The number of fused-ring (bicyclic) bond motifs is 1. The summed E-state index contributed by atoms with van der Waals surface area (Å²) in [7, 11) is 0. The Hall–Kier alpha value is -3.25. The number of carboxylic acid groups (broad SMARTS) is 1. The van der Waals surface area contributed by atoms with Crippen LogP contribution in [-0.4, -0.2) is 39.4 Å². The summed E-state index contributed by atoms with van der Waals surface area (Å²) in [5.41, 5.74) is 0.284. The summed E-state index contributed by atoms with van der Waals surface area (Å²) in [4.78, 5) is 40.9. The molecule has 166 valence electrons. The Morgan fingerprint density at radius 3 is 2.31 bits per heavy atom. The molecule has 2 heterocycles. The average Bonchev–Trinajstić information content (AvgIpc) is 3.28. The fourth-order valence-electron chi connectivity index (χ4n) is 5.09. The van der Waals surface area contributed by atoms with E-state index >= 15 is 0 Å². The van der Waals surface area contributed by atoms with Crippen molar-refractivity contribution in [3.63, 3.8) is 0 Å². The number of hydrogen-bond acceptors (Lipinski definition) is 4. The van der Waals surface area contributed by atoms with Gasteiger partial charge in [0.05, 0.1) is 18.4 Å². The number of imide groups is 1. The molecule has 6 heteroatoms. The Morgan fingerprint density at radius 2 is 1.72 bits per heavy atom. The molecule has 2 saturated heterocycles. The zero-order chi connectivity index (χ0) is 22.9. The van der Waals surface area contributed by atoms with Gasteiger partial charge < -0.3 is 5.11 Å². The molecule has 0 bridgehead atoms. The molecule has 2 aliphatic heterocycles. The number of carboxylic acids is 1. The van der Waals surface area contributed by atoms with Crippen molar-refractivity contribution in [1.29, 1.82) is 0 Å². The lowest BCUT2D eigenvalue weighted by atomic mass is 9.72. The van der Waals surface area contributed by atoms with Gasteiger partial charge in [-0.3, -0.25) is 24.6 Å². The molecule has 2 amide bonds. The molecule has 2 N–H and O–H groups in total. The number of hydrogen-bond donors (Lipinski definition) is 2. The second-order valence-electron chi connectivity index (χ2n) is 8.68. The van der Waals surface area contributed by atoms with E-state index in [1.807, 2.05) is 86.7 Å². The van der Waals surface area contributed by atoms with Crippen molar-refractivity contribution < 1.29 is 19.5 Å². The van der Waals surface area contributed by atoms with Crippen molar-refractivity contribution in [3.05, 3.63) is 77.9 Å². The number of aliphatic carboxylic acids is 1. The highest BCUT2D eigenvalue weighted by molar-refractivity contribution is 6.09. The minimum atomic E-state index is -1.50. The predicted molar refractivity (Wildman–Crippen MR) is 121 cm³/mol. The van der Waals surface area contributed by atoms with Gasteiger partial charge in [-0.05, 0) is 17.0 Å². The molecule has 2 fully saturated rings. The van der Waals surface area contributed by atoms with Crippen LogP contribution >= 0.6 is 0 Å². The second-order valence-corrected chi connectivity index (χ2v) is 8.68. The quantitative estimate of drug-likeness (QED) is 0.656. The summed E-state index contributed by atoms with van der Waals surface area (Å²) in [5.74, 6) is -3.84. The highest BCUT2D eigenvalue weighted by Crippen LogP contribution is 2.48. The molecule has 5 unspecified atom stereocenters. The average molecular weight is 433 g/mol. The first-order chi connectivity index (χ1) is 15.4. The van der Waals surface area contributed by atoms with E-state index in [1.165, 1.54) is 4.90 Å². The molecule has 0 spiro atoms. The summed E-state index contributed by atoms with van der Waals surface area (Å²) >= 11 is 0. The van der Waals surface area contributed by atoms with Gasteiger partial charge >= 0.3 is 5.97 Å². The van der Waals surface area contributed by atoms with Crippen LogP contribution < -0.4 is 5.32 Å². The molecular weight excluding hydrogens is 404 g/mol. The first kappa shape index (κ1) is 22.0. The number of nitrogens with one attached hydrogen (secondary N) is 1. The van der Waals surface area contributed by atoms with Crippen molar-refractivity contribution in [2.75, 3.05) is 0 Å². The zero-order valence-electron chi connectivity index (χ0n) is 18.3. The van der Waals surface area contributed by atoms with E-state index in [1.54, 1.807) is 0 Å². The number of carbonyl (C=O) groups is 3. The van der Waals surface area contributed by atoms with Crippen molar-refractivity contribution >= 4 is 23.9 Å². The monoisotopic (exact) mass is 432 g/mol. The van der Waals surface area contributed by atoms with Crippen molar-refractivity contribution in [1.82, 2.24) is 10.2 Å². The van der Waals surface area contributed by atoms with Gasteiger partial charge in [-0.25, -0.2) is 0 Å². The maximum absolute atomic E-state index is 13.5. The summed E-state index contributed by atoms with van der Waals surface area (Å²) in [6.45, 7) is 3.89. The molecule has 6 nitrogen and oxygen atoms in total. The molecule has 0 radical (unpaired) electrons. The minimum Gasteiger partial charge on any atom is -0.480 e. The third kappa shape index (κ3) is 3.54. The Morgan fingerprint density at radius 1 is 1.09 bits per heavy atom. The van der Waals surface area contributed by atoms with E-state index in [0.717, 1.165) is 11.1 Å². The standard InChI is InChI=1S/C26H28N2O4/c1-3-17(2)26(25(31)32)22-21(20(27-26)15-14-18-10-6-4-7-11-18)23(29)28(24(22)30)16-19-12-8-5-9-13-19/h4-15,17,20-22,27H,3,16H2,1-2H3,(H,31,32)/b15-14+. The van der Waals surface area contributed by atoms with Gasteiger partial charge in [-0.1, -0.05) is 93.1 Å². The first-order valence-corrected chi connectivity index (χ1v) is 11.0. The Bertz CT molecular complexity index is 1040. The topological polar surface area (TPSA) is 86.7 Å². The fraction of sp³-hybridized carbons (Fsp3) is 0.346. The van der Waals surface area contributed by atoms with Crippen LogP contribution in [0.15, 0.2) is 66.7 Å². The van der Waals surface area contributed by atoms with E-state index in [2.05, 4.69) is 5.32 Å². The molecule has 0 aromatic heterocycles. The highest BCUT2D eigenvalue weighted by Gasteiger charge is 2.69. The van der Waals surface area contributed by atoms with Crippen LogP contribution in [0, 0.1) is 17.8 Å². The lowest BCUT2D eigenvalue weighted by molar-refractivity contribution is -0.154. The molecule has 0 saturated carbocycles. The van der Waals surface area contributed by atoms with Crippen LogP contribution in [0.2, 0.25) is 0 Å². The molecule has 32 heavy (non-hydrogen) atoms. The normalized spacial score (nSPS) is 28.3. The first-order valence-electron chi connectivity index (χ1n) is 11.0. The third-order valence-corrected chi connectivity index (χ3v) is 6.95. The van der Waals surface area contributed by atoms with Crippen LogP contribution in [0.1, 0.15) is 31.4 Å². The van der Waals surface area contributed by atoms with Gasteiger partial charge in [0.25, 0.3) is 0 Å². The van der Waals surface area contributed by atoms with E-state index in [9.17, 15) is 19.5 Å². The number of nitrogens with zero attached hydrogens (tertiary/aromatic N) is 1. The number of likely N-dealkylation sites (tertiary alicyclic amines) is 1. The van der Waals surface area contributed by atoms with Gasteiger partial charge in [-0.2, -0.15) is 0 Å². The van der Waals surface area contributed by atoms with E-state index < -0.39 is 35.3 Å². The number of rotatable bonds is 7. The molecule has 2 aliphatic rings. The fourth-order valence-corrected chi connectivity index (χ4v) is 5.09. The van der Waals surface area contributed by atoms with Gasteiger partial charge in [0.1, 0.15) is 5.54 Å². The Kier molecular flexibility index (Phi) is 5.98. The molecule has 5 atom stereocenters. The van der Waals surface area contributed by atoms with Crippen LogP contribution in [-0.2, 0) is 20.9 Å². The molecule has 2 aromatic carbocycles. The lowest BCUT2D eigenvalue weighted by Gasteiger charge is -2.35. The third-order valence-electron chi connectivity index (χ3n) is 6.95. The summed E-state index contributed by atoms with van der Waals surface area (Å²) in [6, 6.07) is 18.4. The maximum Gasteiger partial charge on any atom is 0.325 e. The molecule has 2 aromatic rings. The SMILES string of the molecule is CCC(C)C1(C(=O)O)NC(/C=C/c2ccccc2)C2C(=O)N(Cc3ccccc3)C(=O)C21. The Labute approximate surface area is 187 Å². The smallest absolute Gasteiger partial charge is 0.325 e. The van der Waals surface area contributed by atoms with Crippen molar-refractivity contribution in [2.45, 2.75) is 38.4 Å². The van der Waals surface area contributed by atoms with Crippen molar-refractivity contribution in [2.24, 2.45) is 17.8 Å². The lowest BCUT2D eigenvalue weighted by Crippen LogP contribution is -2.60. The van der Waals surface area contributed by atoms with Crippen LogP contribution in [0.25, 0.3) is 6.08 Å². The number of benzene rings is 2. The minimum absolute atomic E-state index is 0.150. The van der Waals surface area contributed by atoms with E-state index in [0.29, 0.717) is 6.42 Å². The number of carbonyl (C=O) groups excluding carboxylic acids is 2. The van der Waals surface area contributed by atoms with Gasteiger partial charge in [0.15, 0.2) is 0 Å². The summed E-state index contributed by atoms with van der Waals surface area (Å²) < 4.78 is 0. The van der Waals surface area contributed by atoms with E-state index in [-0.39, 0.29) is 18.4 Å². The van der Waals surface area contributed by atoms with E-state index in [4.69, 9.17) is 0 Å². The molecule has 0 aliphatic carbocycles. The summed E-state index contributed by atoms with van der Waals surface area (Å²) in [5, 5.41) is 13.5. The predicted octanol–water partition coefficient (Wildman–Crippen LogP) is 3.34. The van der Waals surface area contributed by atoms with Crippen LogP contribution in [0.3, 0.4) is 0 Å². The molecular formula is C26H28N2O4. The largest absolute Gasteiger partial charge is 0.480 e. The van der Waals surface area contributed by atoms with Gasteiger partial charge in [-0.15, -0.1) is 0 Å². The maximum atomic E-state index is 13.5. The van der Waals surface area contributed by atoms with Crippen molar-refractivity contribution in [3.8, 4) is 0 Å². The highest BCUT2D eigenvalue weighted by atomic mass is 16.4. The second kappa shape index (κ2) is 8.71. The van der Waals surface area contributed by atoms with Gasteiger partial charge in [0.2, 0.25) is 11.8 Å². The van der Waals surface area contributed by atoms with Crippen LogP contribution in [0.4, 0.5) is 0 Å². The molecule has 4 rings (SSSR count). The summed E-state index contributed by atoms with van der Waals surface area (Å²) in [6.07, 6.45) is 4.27. The number of amides is 2. The van der Waals surface area contributed by atoms with Gasteiger partial charge in [0, 0.05) is 6.04 Å². The van der Waals surface area contributed by atoms with Crippen LogP contribution in [0.5, 0.6) is 0 Å².